The Balaban J connectivity index is 1.49. The minimum Gasteiger partial charge on any atom is -0.373 e. The van der Waals surface area contributed by atoms with Crippen LogP contribution in [-0.2, 0) is 19.1 Å². The van der Waals surface area contributed by atoms with Gasteiger partial charge in [-0.15, -0.1) is 0 Å². The first-order chi connectivity index (χ1) is 11.9. The summed E-state index contributed by atoms with van der Waals surface area (Å²) < 4.78 is 5.75. The molecule has 7 atom stereocenters. The van der Waals surface area contributed by atoms with E-state index in [1.165, 1.54) is 4.90 Å². The minimum absolute atomic E-state index is 0.0353. The first-order valence-corrected chi connectivity index (χ1v) is 9.47. The minimum atomic E-state index is -0.739. The smallest absolute Gasteiger partial charge is 0.245 e. The van der Waals surface area contributed by atoms with Gasteiger partial charge in [-0.3, -0.25) is 19.3 Å². The van der Waals surface area contributed by atoms with Crippen LogP contribution in [0.4, 0.5) is 0 Å². The lowest BCUT2D eigenvalue weighted by Gasteiger charge is -2.37. The lowest BCUT2D eigenvalue weighted by atomic mass is 9.81. The van der Waals surface area contributed by atoms with Crippen LogP contribution in [0.1, 0.15) is 39.5 Å². The standard InChI is InChI=1S/C18H27N3O4/c1-9(19)11-4-3-7-20(8-11)16(22)10(2)21-17(23)14-12-5-6-13(25-12)15(14)18(21)24/h9-15H,3-8,19H2,1-2H3. The lowest BCUT2D eigenvalue weighted by molar-refractivity contribution is -0.153. The Labute approximate surface area is 147 Å². The molecule has 4 fully saturated rings. The highest BCUT2D eigenvalue weighted by atomic mass is 16.5. The maximum Gasteiger partial charge on any atom is 0.245 e. The lowest BCUT2D eigenvalue weighted by Crippen LogP contribution is -2.54. The summed E-state index contributed by atoms with van der Waals surface area (Å²) in [5.41, 5.74) is 6.00. The molecule has 7 unspecified atom stereocenters. The summed E-state index contributed by atoms with van der Waals surface area (Å²) in [6, 6.07) is -0.704. The monoisotopic (exact) mass is 349 g/mol. The van der Waals surface area contributed by atoms with Crippen LogP contribution in [0.15, 0.2) is 0 Å². The van der Waals surface area contributed by atoms with Gasteiger partial charge in [0.05, 0.1) is 24.0 Å². The van der Waals surface area contributed by atoms with E-state index in [4.69, 9.17) is 10.5 Å². The molecule has 0 aromatic heterocycles. The van der Waals surface area contributed by atoms with Crippen molar-refractivity contribution in [2.45, 2.75) is 63.8 Å². The molecule has 4 heterocycles. The molecule has 2 bridgehead atoms. The van der Waals surface area contributed by atoms with E-state index in [1.807, 2.05) is 6.92 Å². The van der Waals surface area contributed by atoms with Gasteiger partial charge >= 0.3 is 0 Å². The number of hydrogen-bond donors (Lipinski definition) is 1. The zero-order valence-corrected chi connectivity index (χ0v) is 14.9. The van der Waals surface area contributed by atoms with E-state index in [1.54, 1.807) is 11.8 Å². The number of nitrogens with zero attached hydrogens (tertiary/aromatic N) is 2. The summed E-state index contributed by atoms with van der Waals surface area (Å²) in [5.74, 6) is -1.05. The highest BCUT2D eigenvalue weighted by Crippen LogP contribution is 2.49. The predicted octanol–water partition coefficient (Wildman–Crippen LogP) is 0.123. The van der Waals surface area contributed by atoms with Crippen molar-refractivity contribution < 1.29 is 19.1 Å². The number of fused-ring (bicyclic) bond motifs is 5. The summed E-state index contributed by atoms with van der Waals surface area (Å²) >= 11 is 0. The van der Waals surface area contributed by atoms with E-state index in [9.17, 15) is 14.4 Å². The number of imide groups is 1. The van der Waals surface area contributed by atoms with Gasteiger partial charge in [-0.25, -0.2) is 0 Å². The zero-order valence-electron chi connectivity index (χ0n) is 14.9. The van der Waals surface area contributed by atoms with Crippen LogP contribution in [0.2, 0.25) is 0 Å². The average molecular weight is 349 g/mol. The van der Waals surface area contributed by atoms with E-state index < -0.39 is 6.04 Å². The normalized spacial score (nSPS) is 39.7. The van der Waals surface area contributed by atoms with Crippen LogP contribution in [0.3, 0.4) is 0 Å². The maximum atomic E-state index is 13.0. The summed E-state index contributed by atoms with van der Waals surface area (Å²) in [7, 11) is 0. The Kier molecular flexibility index (Phi) is 4.11. The SMILES string of the molecule is CC(N)C1CCCN(C(=O)C(C)N2C(=O)C3C4CCC(O4)C3C2=O)C1. The summed E-state index contributed by atoms with van der Waals surface area (Å²) in [5, 5.41) is 0. The molecule has 138 valence electrons. The topological polar surface area (TPSA) is 92.9 Å². The van der Waals surface area contributed by atoms with Crippen molar-refractivity contribution in [2.24, 2.45) is 23.5 Å². The summed E-state index contributed by atoms with van der Waals surface area (Å²) in [6.07, 6.45) is 3.32. The third-order valence-electron chi connectivity index (χ3n) is 6.58. The van der Waals surface area contributed by atoms with Gasteiger partial charge in [0, 0.05) is 19.1 Å². The van der Waals surface area contributed by atoms with Crippen molar-refractivity contribution in [1.29, 1.82) is 0 Å². The van der Waals surface area contributed by atoms with Gasteiger partial charge in [0.2, 0.25) is 17.7 Å². The molecule has 3 amide bonds. The van der Waals surface area contributed by atoms with Gasteiger partial charge in [0.15, 0.2) is 0 Å². The molecule has 25 heavy (non-hydrogen) atoms. The van der Waals surface area contributed by atoms with Gasteiger partial charge in [0.25, 0.3) is 0 Å². The van der Waals surface area contributed by atoms with Crippen molar-refractivity contribution >= 4 is 17.7 Å². The summed E-state index contributed by atoms with van der Waals surface area (Å²) in [4.78, 5) is 41.6. The van der Waals surface area contributed by atoms with Crippen LogP contribution < -0.4 is 5.73 Å². The molecule has 7 heteroatoms. The van der Waals surface area contributed by atoms with Crippen LogP contribution in [-0.4, -0.2) is 64.9 Å². The number of likely N-dealkylation sites (tertiary alicyclic amines) is 2. The molecule has 0 aromatic rings. The van der Waals surface area contributed by atoms with Gasteiger partial charge in [-0.1, -0.05) is 0 Å². The molecular formula is C18H27N3O4. The Bertz CT molecular complexity index is 579. The third-order valence-corrected chi connectivity index (χ3v) is 6.58. The van der Waals surface area contributed by atoms with E-state index in [-0.39, 0.29) is 53.7 Å². The van der Waals surface area contributed by atoms with Gasteiger partial charge < -0.3 is 15.4 Å². The number of piperidine rings is 1. The second-order valence-corrected chi connectivity index (χ2v) is 8.11. The molecule has 4 aliphatic rings. The predicted molar refractivity (Wildman–Crippen MR) is 89.1 cm³/mol. The van der Waals surface area contributed by atoms with Crippen LogP contribution in [0, 0.1) is 17.8 Å². The van der Waals surface area contributed by atoms with Gasteiger partial charge in [-0.05, 0) is 45.4 Å². The molecule has 0 aromatic carbocycles. The Morgan fingerprint density at radius 3 is 2.28 bits per heavy atom. The largest absolute Gasteiger partial charge is 0.373 e. The van der Waals surface area contributed by atoms with Crippen LogP contribution in [0.25, 0.3) is 0 Å². The molecule has 7 nitrogen and oxygen atoms in total. The third kappa shape index (κ3) is 2.51. The van der Waals surface area contributed by atoms with Crippen LogP contribution >= 0.6 is 0 Å². The number of carbonyl (C=O) groups is 3. The zero-order chi connectivity index (χ0) is 17.9. The first kappa shape index (κ1) is 17.0. The number of ether oxygens (including phenoxy) is 1. The number of amides is 3. The van der Waals surface area contributed by atoms with E-state index in [0.717, 1.165) is 25.7 Å². The van der Waals surface area contributed by atoms with Crippen molar-refractivity contribution in [3.63, 3.8) is 0 Å². The van der Waals surface area contributed by atoms with E-state index in [2.05, 4.69) is 0 Å². The molecule has 0 spiro atoms. The van der Waals surface area contributed by atoms with Crippen molar-refractivity contribution in [2.75, 3.05) is 13.1 Å². The average Bonchev–Trinajstić information content (AvgIpc) is 3.28. The Morgan fingerprint density at radius 2 is 1.72 bits per heavy atom. The molecule has 0 saturated carbocycles. The van der Waals surface area contributed by atoms with Crippen molar-refractivity contribution in [3.8, 4) is 0 Å². The fourth-order valence-electron chi connectivity index (χ4n) is 5.13. The van der Waals surface area contributed by atoms with Gasteiger partial charge in [0.1, 0.15) is 6.04 Å². The number of nitrogens with two attached hydrogens (primary N) is 1. The number of carbonyl (C=O) groups excluding carboxylic acids is 3. The van der Waals surface area contributed by atoms with Crippen molar-refractivity contribution in [3.05, 3.63) is 0 Å². The van der Waals surface area contributed by atoms with E-state index >= 15 is 0 Å². The summed E-state index contributed by atoms with van der Waals surface area (Å²) in [6.45, 7) is 4.92. The second-order valence-electron chi connectivity index (χ2n) is 8.11. The second kappa shape index (κ2) is 6.06. The Morgan fingerprint density at radius 1 is 1.12 bits per heavy atom. The van der Waals surface area contributed by atoms with Crippen LogP contribution in [0.5, 0.6) is 0 Å². The van der Waals surface area contributed by atoms with E-state index in [0.29, 0.717) is 13.1 Å². The number of rotatable bonds is 3. The van der Waals surface area contributed by atoms with Crippen molar-refractivity contribution in [1.82, 2.24) is 9.80 Å². The molecule has 4 aliphatic heterocycles. The fourth-order valence-corrected chi connectivity index (χ4v) is 5.13. The fraction of sp³-hybridized carbons (Fsp3) is 0.833. The Hall–Kier alpha value is -1.47. The van der Waals surface area contributed by atoms with Gasteiger partial charge in [-0.2, -0.15) is 0 Å². The quantitative estimate of drug-likeness (QED) is 0.731. The molecule has 4 saturated heterocycles. The first-order valence-electron chi connectivity index (χ1n) is 9.47. The molecule has 0 aliphatic carbocycles. The highest BCUT2D eigenvalue weighted by Gasteiger charge is 2.63. The molecule has 0 radical (unpaired) electrons. The maximum absolute atomic E-state index is 13.0. The highest BCUT2D eigenvalue weighted by molar-refractivity contribution is 6.09. The molecule has 2 N–H and O–H groups in total. The number of hydrogen-bond acceptors (Lipinski definition) is 5. The molecule has 4 rings (SSSR count). The molecular weight excluding hydrogens is 322 g/mol.